The highest BCUT2D eigenvalue weighted by Gasteiger charge is 2.33. The minimum Gasteiger partial charge on any atom is -0.438 e. The number of rotatable bonds is 7. The lowest BCUT2D eigenvalue weighted by Crippen LogP contribution is -2.18. The van der Waals surface area contributed by atoms with Crippen LogP contribution >= 0.6 is 0 Å². The van der Waals surface area contributed by atoms with Crippen molar-refractivity contribution in [3.8, 4) is 23.0 Å². The van der Waals surface area contributed by atoms with Gasteiger partial charge in [-0.05, 0) is 42.3 Å². The number of anilines is 1. The van der Waals surface area contributed by atoms with E-state index in [1.165, 1.54) is 24.5 Å². The normalized spacial score (nSPS) is 11.2. The fourth-order valence-electron chi connectivity index (χ4n) is 3.49. The molecule has 2 aromatic heterocycles. The van der Waals surface area contributed by atoms with Gasteiger partial charge in [0.1, 0.15) is 17.9 Å². The molecular weight excluding hydrogens is 471 g/mol. The molecule has 0 bridgehead atoms. The number of ether oxygens (including phenoxy) is 1. The van der Waals surface area contributed by atoms with Gasteiger partial charge in [0.2, 0.25) is 11.8 Å². The van der Waals surface area contributed by atoms with E-state index in [9.17, 15) is 18.0 Å². The first kappa shape index (κ1) is 24.8. The van der Waals surface area contributed by atoms with Gasteiger partial charge >= 0.3 is 6.18 Å². The summed E-state index contributed by atoms with van der Waals surface area (Å²) >= 11 is 0. The summed E-state index contributed by atoms with van der Waals surface area (Å²) in [4.78, 5) is 29.6. The lowest BCUT2D eigenvalue weighted by Gasteiger charge is -2.14. The molecule has 4 rings (SSSR count). The number of pyridine rings is 1. The summed E-state index contributed by atoms with van der Waals surface area (Å²) in [6, 6.07) is 13.5. The van der Waals surface area contributed by atoms with Crippen LogP contribution in [-0.4, -0.2) is 25.8 Å². The van der Waals surface area contributed by atoms with E-state index in [0.29, 0.717) is 35.1 Å². The monoisotopic (exact) mass is 493 g/mol. The van der Waals surface area contributed by atoms with Crippen LogP contribution in [-0.2, 0) is 23.8 Å². The summed E-state index contributed by atoms with van der Waals surface area (Å²) in [7, 11) is 0. The topological polar surface area (TPSA) is 89.9 Å². The number of carbonyl (C=O) groups excluding carboxylic acids is 1. The summed E-state index contributed by atoms with van der Waals surface area (Å²) in [5, 5.41) is 2.64. The van der Waals surface area contributed by atoms with Crippen LogP contribution in [0.15, 0.2) is 67.1 Å². The van der Waals surface area contributed by atoms with Crippen LogP contribution in [0.25, 0.3) is 11.4 Å². The molecular formula is C26H22F3N5O2. The average molecular weight is 493 g/mol. The van der Waals surface area contributed by atoms with Crippen LogP contribution in [0.5, 0.6) is 11.6 Å². The fraction of sp³-hybridized carbons (Fsp3) is 0.192. The Morgan fingerprint density at radius 2 is 1.83 bits per heavy atom. The van der Waals surface area contributed by atoms with Crippen LogP contribution < -0.4 is 10.1 Å². The Kier molecular flexibility index (Phi) is 7.23. The van der Waals surface area contributed by atoms with E-state index < -0.39 is 24.1 Å². The molecule has 0 aliphatic heterocycles. The van der Waals surface area contributed by atoms with Gasteiger partial charge in [0.25, 0.3) is 0 Å². The van der Waals surface area contributed by atoms with Gasteiger partial charge in [-0.25, -0.2) is 19.9 Å². The summed E-state index contributed by atoms with van der Waals surface area (Å²) in [6.45, 7) is 3.76. The largest absolute Gasteiger partial charge is 0.438 e. The predicted octanol–water partition coefficient (Wildman–Crippen LogP) is 5.80. The van der Waals surface area contributed by atoms with E-state index >= 15 is 0 Å². The Labute approximate surface area is 205 Å². The molecule has 0 unspecified atom stereocenters. The van der Waals surface area contributed by atoms with Gasteiger partial charge in [0, 0.05) is 24.4 Å². The quantitative estimate of drug-likeness (QED) is 0.350. The Bertz CT molecular complexity index is 1390. The molecule has 0 spiro atoms. The van der Waals surface area contributed by atoms with Crippen molar-refractivity contribution in [1.29, 1.82) is 0 Å². The number of nitrogens with zero attached hydrogens (tertiary/aromatic N) is 4. The smallest absolute Gasteiger partial charge is 0.416 e. The number of amides is 1. The molecule has 36 heavy (non-hydrogen) atoms. The number of benzene rings is 2. The number of aryl methyl sites for hydroxylation is 2. The van der Waals surface area contributed by atoms with Gasteiger partial charge in [-0.1, -0.05) is 31.2 Å². The number of alkyl halides is 3. The third-order valence-electron chi connectivity index (χ3n) is 5.30. The molecule has 2 aromatic carbocycles. The van der Waals surface area contributed by atoms with E-state index in [2.05, 4.69) is 25.3 Å². The van der Waals surface area contributed by atoms with Crippen molar-refractivity contribution in [3.63, 3.8) is 0 Å². The van der Waals surface area contributed by atoms with Gasteiger partial charge in [-0.15, -0.1) is 0 Å². The third kappa shape index (κ3) is 5.83. The third-order valence-corrected chi connectivity index (χ3v) is 5.30. The number of nitrogens with one attached hydrogen (secondary N) is 1. The zero-order valence-electron chi connectivity index (χ0n) is 19.5. The van der Waals surface area contributed by atoms with Gasteiger partial charge < -0.3 is 10.1 Å². The van der Waals surface area contributed by atoms with E-state index in [-0.39, 0.29) is 11.4 Å². The summed E-state index contributed by atoms with van der Waals surface area (Å²) in [5.74, 6) is 1.13. The average Bonchev–Trinajstić information content (AvgIpc) is 2.86. The predicted molar refractivity (Wildman–Crippen MR) is 127 cm³/mol. The maximum absolute atomic E-state index is 13.3. The van der Waals surface area contributed by atoms with Crippen molar-refractivity contribution in [2.75, 3.05) is 5.32 Å². The molecule has 0 atom stereocenters. The van der Waals surface area contributed by atoms with E-state index in [1.807, 2.05) is 13.8 Å². The van der Waals surface area contributed by atoms with Crippen LogP contribution in [0.1, 0.15) is 29.4 Å². The number of aromatic nitrogens is 4. The van der Waals surface area contributed by atoms with Crippen LogP contribution in [0.3, 0.4) is 0 Å². The maximum Gasteiger partial charge on any atom is 0.416 e. The zero-order chi connectivity index (χ0) is 25.7. The molecule has 4 aromatic rings. The van der Waals surface area contributed by atoms with Crippen LogP contribution in [0.4, 0.5) is 18.9 Å². The van der Waals surface area contributed by atoms with E-state index in [4.69, 9.17) is 4.74 Å². The fourth-order valence-corrected chi connectivity index (χ4v) is 3.49. The lowest BCUT2D eigenvalue weighted by molar-refractivity contribution is -0.138. The van der Waals surface area contributed by atoms with Crippen LogP contribution in [0, 0.1) is 6.92 Å². The van der Waals surface area contributed by atoms with Gasteiger partial charge in [-0.2, -0.15) is 13.2 Å². The molecule has 0 saturated carbocycles. The highest BCUT2D eigenvalue weighted by Crippen LogP contribution is 2.34. The highest BCUT2D eigenvalue weighted by molar-refractivity contribution is 5.92. The second kappa shape index (κ2) is 10.5. The van der Waals surface area contributed by atoms with Gasteiger partial charge in [0.15, 0.2) is 5.82 Å². The lowest BCUT2D eigenvalue weighted by atomic mass is 10.0. The van der Waals surface area contributed by atoms with Crippen molar-refractivity contribution in [2.24, 2.45) is 0 Å². The van der Waals surface area contributed by atoms with Crippen molar-refractivity contribution in [1.82, 2.24) is 19.9 Å². The number of carbonyl (C=O) groups is 1. The molecule has 184 valence electrons. The Morgan fingerprint density at radius 3 is 2.61 bits per heavy atom. The summed E-state index contributed by atoms with van der Waals surface area (Å²) in [6.07, 6.45) is -1.34. The molecule has 2 heterocycles. The first-order valence-corrected chi connectivity index (χ1v) is 11.1. The van der Waals surface area contributed by atoms with Gasteiger partial charge in [0.05, 0.1) is 17.5 Å². The number of hydrogen-bond donors (Lipinski definition) is 1. The van der Waals surface area contributed by atoms with Crippen molar-refractivity contribution in [3.05, 3.63) is 89.6 Å². The zero-order valence-corrected chi connectivity index (χ0v) is 19.5. The second-order valence-electron chi connectivity index (χ2n) is 7.90. The standard InChI is InChI=1S/C26H22F3N5O2/c1-3-22-31-15-32-24(34-22)19-8-6-12-30-25(19)36-21-14-18(11-10-16(21)2)33-23(35)13-17-7-4-5-9-20(17)26(27,28)29/h4-12,14-15H,3,13H2,1-2H3,(H,33,35). The molecule has 0 saturated heterocycles. The molecule has 1 N–H and O–H groups in total. The maximum atomic E-state index is 13.3. The summed E-state index contributed by atoms with van der Waals surface area (Å²) < 4.78 is 45.8. The highest BCUT2D eigenvalue weighted by atomic mass is 19.4. The molecule has 0 aliphatic rings. The Morgan fingerprint density at radius 1 is 1.03 bits per heavy atom. The Balaban J connectivity index is 1.55. The van der Waals surface area contributed by atoms with E-state index in [1.54, 1.807) is 36.5 Å². The number of halogens is 3. The van der Waals surface area contributed by atoms with Crippen molar-refractivity contribution >= 4 is 11.6 Å². The number of hydrogen-bond acceptors (Lipinski definition) is 6. The molecule has 0 radical (unpaired) electrons. The second-order valence-corrected chi connectivity index (χ2v) is 7.90. The minimum atomic E-state index is -4.54. The van der Waals surface area contributed by atoms with E-state index in [0.717, 1.165) is 11.6 Å². The first-order valence-electron chi connectivity index (χ1n) is 11.1. The molecule has 0 aliphatic carbocycles. The minimum absolute atomic E-state index is 0.104. The molecule has 10 heteroatoms. The van der Waals surface area contributed by atoms with Crippen molar-refractivity contribution in [2.45, 2.75) is 32.9 Å². The Hall–Kier alpha value is -4.34. The molecule has 1 amide bonds. The summed E-state index contributed by atoms with van der Waals surface area (Å²) in [5.41, 5.74) is 0.758. The van der Waals surface area contributed by atoms with Gasteiger partial charge in [-0.3, -0.25) is 4.79 Å². The first-order chi connectivity index (χ1) is 17.2. The van der Waals surface area contributed by atoms with Crippen LogP contribution in [0.2, 0.25) is 0 Å². The molecule has 7 nitrogen and oxygen atoms in total. The molecule has 0 fully saturated rings. The van der Waals surface area contributed by atoms with Crippen molar-refractivity contribution < 1.29 is 22.7 Å². The SMILES string of the molecule is CCc1ncnc(-c2cccnc2Oc2cc(NC(=O)Cc3ccccc3C(F)(F)F)ccc2C)n1.